The number of hydrogen-bond acceptors (Lipinski definition) is 4. The van der Waals surface area contributed by atoms with Gasteiger partial charge in [0.2, 0.25) is 0 Å². The Morgan fingerprint density at radius 3 is 2.78 bits per heavy atom. The van der Waals surface area contributed by atoms with E-state index in [2.05, 4.69) is 15.3 Å². The standard InChI is InChI=1S/C16H13ClN4O2/c1-9-5-6-12-19-10(2)13(16(23)21(12)8-9)20-15(22)11-4-3-7-18-14(11)17/h3-8H,1-2H3,(H,20,22). The molecule has 3 aromatic rings. The van der Waals surface area contributed by atoms with Crippen LogP contribution < -0.4 is 10.9 Å². The van der Waals surface area contributed by atoms with Crippen LogP contribution in [0.15, 0.2) is 41.5 Å². The normalized spacial score (nSPS) is 10.7. The van der Waals surface area contributed by atoms with Gasteiger partial charge in [0.05, 0.1) is 11.3 Å². The molecule has 0 aliphatic rings. The number of nitrogens with zero attached hydrogens (tertiary/aromatic N) is 3. The second-order valence-corrected chi connectivity index (χ2v) is 5.47. The van der Waals surface area contributed by atoms with Crippen molar-refractivity contribution in [2.24, 2.45) is 0 Å². The van der Waals surface area contributed by atoms with E-state index < -0.39 is 5.91 Å². The van der Waals surface area contributed by atoms with Gasteiger partial charge in [-0.1, -0.05) is 17.7 Å². The SMILES string of the molecule is Cc1ccc2nc(C)c(NC(=O)c3cccnc3Cl)c(=O)n2c1. The molecule has 6 nitrogen and oxygen atoms in total. The van der Waals surface area contributed by atoms with Gasteiger partial charge in [0.25, 0.3) is 11.5 Å². The molecule has 0 radical (unpaired) electrons. The van der Waals surface area contributed by atoms with Crippen LogP contribution in [0.5, 0.6) is 0 Å². The lowest BCUT2D eigenvalue weighted by Gasteiger charge is -2.10. The van der Waals surface area contributed by atoms with E-state index in [1.807, 2.05) is 13.0 Å². The summed E-state index contributed by atoms with van der Waals surface area (Å²) >= 11 is 5.91. The van der Waals surface area contributed by atoms with Gasteiger partial charge >= 0.3 is 0 Å². The van der Waals surface area contributed by atoms with Crippen molar-refractivity contribution in [3.63, 3.8) is 0 Å². The van der Waals surface area contributed by atoms with Gasteiger partial charge in [-0.05, 0) is 37.6 Å². The quantitative estimate of drug-likeness (QED) is 0.734. The second-order valence-electron chi connectivity index (χ2n) is 5.11. The Balaban J connectivity index is 2.08. The fourth-order valence-corrected chi connectivity index (χ4v) is 2.44. The second kappa shape index (κ2) is 5.81. The summed E-state index contributed by atoms with van der Waals surface area (Å²) in [4.78, 5) is 33.1. The number of hydrogen-bond donors (Lipinski definition) is 1. The largest absolute Gasteiger partial charge is 0.316 e. The molecule has 7 heteroatoms. The molecule has 0 fully saturated rings. The first-order valence-corrected chi connectivity index (χ1v) is 7.26. The lowest BCUT2D eigenvalue weighted by Crippen LogP contribution is -2.25. The molecule has 0 bridgehead atoms. The van der Waals surface area contributed by atoms with Crippen LogP contribution in [0, 0.1) is 13.8 Å². The molecule has 0 spiro atoms. The molecule has 0 saturated heterocycles. The zero-order valence-corrected chi connectivity index (χ0v) is 13.3. The van der Waals surface area contributed by atoms with E-state index in [1.54, 1.807) is 25.3 Å². The number of nitrogens with one attached hydrogen (secondary N) is 1. The molecule has 23 heavy (non-hydrogen) atoms. The molecule has 3 heterocycles. The summed E-state index contributed by atoms with van der Waals surface area (Å²) in [7, 11) is 0. The Morgan fingerprint density at radius 1 is 1.26 bits per heavy atom. The van der Waals surface area contributed by atoms with Gasteiger partial charge in [0, 0.05) is 12.4 Å². The number of fused-ring (bicyclic) bond motifs is 1. The summed E-state index contributed by atoms with van der Waals surface area (Å²) < 4.78 is 1.41. The molecule has 0 unspecified atom stereocenters. The Bertz CT molecular complexity index is 981. The van der Waals surface area contributed by atoms with Crippen LogP contribution in [-0.4, -0.2) is 20.3 Å². The summed E-state index contributed by atoms with van der Waals surface area (Å²) in [5.41, 5.74) is 1.85. The van der Waals surface area contributed by atoms with E-state index >= 15 is 0 Å². The fourth-order valence-electron chi connectivity index (χ4n) is 2.24. The van der Waals surface area contributed by atoms with E-state index in [-0.39, 0.29) is 22.0 Å². The highest BCUT2D eigenvalue weighted by Gasteiger charge is 2.16. The maximum Gasteiger partial charge on any atom is 0.281 e. The van der Waals surface area contributed by atoms with Crippen molar-refractivity contribution in [2.45, 2.75) is 13.8 Å². The number of carbonyl (C=O) groups excluding carboxylic acids is 1. The van der Waals surface area contributed by atoms with Gasteiger partial charge in [0.15, 0.2) is 0 Å². The first-order valence-electron chi connectivity index (χ1n) is 6.89. The Morgan fingerprint density at radius 2 is 2.04 bits per heavy atom. The molecule has 0 aliphatic heterocycles. The predicted molar refractivity (Wildman–Crippen MR) is 88.1 cm³/mol. The summed E-state index contributed by atoms with van der Waals surface area (Å²) in [6.45, 7) is 3.54. The highest BCUT2D eigenvalue weighted by atomic mass is 35.5. The molecule has 1 amide bonds. The number of anilines is 1. The molecule has 0 atom stereocenters. The zero-order chi connectivity index (χ0) is 16.6. The minimum Gasteiger partial charge on any atom is -0.316 e. The van der Waals surface area contributed by atoms with Crippen molar-refractivity contribution in [1.29, 1.82) is 0 Å². The lowest BCUT2D eigenvalue weighted by molar-refractivity contribution is 0.102. The average molecular weight is 329 g/mol. The third kappa shape index (κ3) is 2.80. The Labute approximate surface area is 136 Å². The van der Waals surface area contributed by atoms with Crippen LogP contribution in [0.25, 0.3) is 5.65 Å². The highest BCUT2D eigenvalue weighted by Crippen LogP contribution is 2.15. The first-order chi connectivity index (χ1) is 11.0. The van der Waals surface area contributed by atoms with E-state index in [1.165, 1.54) is 16.7 Å². The number of aromatic nitrogens is 3. The van der Waals surface area contributed by atoms with Crippen LogP contribution >= 0.6 is 11.6 Å². The minimum absolute atomic E-state index is 0.0762. The molecular weight excluding hydrogens is 316 g/mol. The summed E-state index contributed by atoms with van der Waals surface area (Å²) in [5.74, 6) is -0.502. The number of amides is 1. The number of pyridine rings is 2. The van der Waals surface area contributed by atoms with Crippen molar-refractivity contribution in [1.82, 2.24) is 14.4 Å². The third-order valence-corrected chi connectivity index (χ3v) is 3.70. The predicted octanol–water partition coefficient (Wildman–Crippen LogP) is 2.61. The fraction of sp³-hybridized carbons (Fsp3) is 0.125. The number of rotatable bonds is 2. The van der Waals surface area contributed by atoms with Crippen LogP contribution in [0.2, 0.25) is 5.15 Å². The molecule has 0 saturated carbocycles. The molecule has 116 valence electrons. The summed E-state index contributed by atoms with van der Waals surface area (Å²) in [6.07, 6.45) is 3.16. The molecule has 0 aromatic carbocycles. The van der Waals surface area contributed by atoms with E-state index in [0.29, 0.717) is 11.3 Å². The minimum atomic E-state index is -0.502. The van der Waals surface area contributed by atoms with Crippen molar-refractivity contribution in [2.75, 3.05) is 5.32 Å². The van der Waals surface area contributed by atoms with Crippen molar-refractivity contribution in [3.8, 4) is 0 Å². The third-order valence-electron chi connectivity index (χ3n) is 3.39. The van der Waals surface area contributed by atoms with Gasteiger partial charge in [-0.2, -0.15) is 0 Å². The molecular formula is C16H13ClN4O2. The Hall–Kier alpha value is -2.73. The molecule has 3 aromatic heterocycles. The molecule has 0 aliphatic carbocycles. The van der Waals surface area contributed by atoms with Crippen molar-refractivity contribution >= 4 is 28.8 Å². The van der Waals surface area contributed by atoms with Gasteiger partial charge in [-0.15, -0.1) is 0 Å². The molecule has 1 N–H and O–H groups in total. The lowest BCUT2D eigenvalue weighted by atomic mass is 10.2. The topological polar surface area (TPSA) is 76.4 Å². The maximum absolute atomic E-state index is 12.6. The van der Waals surface area contributed by atoms with Gasteiger partial charge in [-0.3, -0.25) is 14.0 Å². The van der Waals surface area contributed by atoms with Gasteiger partial charge in [-0.25, -0.2) is 9.97 Å². The first kappa shape index (κ1) is 15.2. The zero-order valence-electron chi connectivity index (χ0n) is 12.5. The van der Waals surface area contributed by atoms with Crippen LogP contribution in [0.1, 0.15) is 21.6 Å². The van der Waals surface area contributed by atoms with E-state index in [9.17, 15) is 9.59 Å². The summed E-state index contributed by atoms with van der Waals surface area (Å²) in [5, 5.41) is 2.66. The molecule has 3 rings (SSSR count). The van der Waals surface area contributed by atoms with E-state index in [4.69, 9.17) is 11.6 Å². The number of halogens is 1. The monoisotopic (exact) mass is 328 g/mol. The summed E-state index contributed by atoms with van der Waals surface area (Å²) in [6, 6.07) is 6.76. The number of aryl methyl sites for hydroxylation is 2. The number of carbonyl (C=O) groups is 1. The van der Waals surface area contributed by atoms with Crippen LogP contribution in [-0.2, 0) is 0 Å². The highest BCUT2D eigenvalue weighted by molar-refractivity contribution is 6.33. The smallest absolute Gasteiger partial charge is 0.281 e. The van der Waals surface area contributed by atoms with Crippen LogP contribution in [0.4, 0.5) is 5.69 Å². The van der Waals surface area contributed by atoms with E-state index in [0.717, 1.165) is 5.56 Å². The maximum atomic E-state index is 12.6. The van der Waals surface area contributed by atoms with Gasteiger partial charge in [0.1, 0.15) is 16.5 Å². The van der Waals surface area contributed by atoms with Crippen molar-refractivity contribution < 1.29 is 4.79 Å². The Kier molecular flexibility index (Phi) is 3.83. The van der Waals surface area contributed by atoms with Crippen molar-refractivity contribution in [3.05, 3.63) is 69.0 Å². The van der Waals surface area contributed by atoms with Crippen LogP contribution in [0.3, 0.4) is 0 Å². The van der Waals surface area contributed by atoms with Gasteiger partial charge < -0.3 is 5.32 Å². The average Bonchev–Trinajstić information content (AvgIpc) is 2.52.